The van der Waals surface area contributed by atoms with Crippen LogP contribution in [0.15, 0.2) is 53.4 Å². The molecule has 0 radical (unpaired) electrons. The SMILES string of the molecule is COc1ccc(-c2cc(C(=O)Nc3ccc(S(=O)(=O)N4CCCCCC4)cc3)[nH]n2)c(OC)c1. The molecule has 1 amide bonds. The lowest BCUT2D eigenvalue weighted by atomic mass is 10.1. The van der Waals surface area contributed by atoms with Crippen molar-refractivity contribution >= 4 is 21.6 Å². The van der Waals surface area contributed by atoms with Gasteiger partial charge >= 0.3 is 0 Å². The van der Waals surface area contributed by atoms with E-state index in [2.05, 4.69) is 15.5 Å². The maximum Gasteiger partial charge on any atom is 0.273 e. The van der Waals surface area contributed by atoms with Crippen LogP contribution in [-0.2, 0) is 10.0 Å². The van der Waals surface area contributed by atoms with E-state index in [-0.39, 0.29) is 10.6 Å². The smallest absolute Gasteiger partial charge is 0.273 e. The molecule has 2 aromatic carbocycles. The molecule has 0 unspecified atom stereocenters. The number of hydrogen-bond donors (Lipinski definition) is 2. The van der Waals surface area contributed by atoms with E-state index < -0.39 is 15.9 Å². The summed E-state index contributed by atoms with van der Waals surface area (Å²) in [6.07, 6.45) is 3.86. The van der Waals surface area contributed by atoms with Gasteiger partial charge in [0.1, 0.15) is 17.2 Å². The molecular weight excluding hydrogens is 456 g/mol. The molecule has 10 heteroatoms. The predicted molar refractivity (Wildman–Crippen MR) is 129 cm³/mol. The van der Waals surface area contributed by atoms with Crippen LogP contribution in [0.3, 0.4) is 0 Å². The molecule has 0 bridgehead atoms. The minimum absolute atomic E-state index is 0.225. The Bertz CT molecular complexity index is 1250. The van der Waals surface area contributed by atoms with Gasteiger partial charge in [0.15, 0.2) is 0 Å². The second-order valence-corrected chi connectivity index (χ2v) is 9.97. The summed E-state index contributed by atoms with van der Waals surface area (Å²) < 4.78 is 38.0. The number of amides is 1. The van der Waals surface area contributed by atoms with Gasteiger partial charge in [-0.2, -0.15) is 9.40 Å². The highest BCUT2D eigenvalue weighted by molar-refractivity contribution is 7.89. The normalized spacial score (nSPS) is 14.9. The fourth-order valence-corrected chi connectivity index (χ4v) is 5.44. The average Bonchev–Trinajstić information content (AvgIpc) is 3.18. The van der Waals surface area contributed by atoms with E-state index in [1.165, 1.54) is 12.1 Å². The van der Waals surface area contributed by atoms with Crippen molar-refractivity contribution in [2.24, 2.45) is 0 Å². The van der Waals surface area contributed by atoms with Crippen molar-refractivity contribution in [3.05, 3.63) is 54.2 Å². The predicted octanol–water partition coefficient (Wildman–Crippen LogP) is 3.91. The number of aromatic nitrogens is 2. The number of nitrogens with zero attached hydrogens (tertiary/aromatic N) is 2. The molecule has 2 heterocycles. The standard InChI is InChI=1S/C24H28N4O5S/c1-32-18-9-12-20(23(15-18)33-2)21-16-22(27-26-21)24(29)25-17-7-10-19(11-8-17)34(30,31)28-13-5-3-4-6-14-28/h7-12,15-16H,3-6,13-14H2,1-2H3,(H,25,29)(H,26,27). The monoisotopic (exact) mass is 484 g/mol. The van der Waals surface area contributed by atoms with Crippen LogP contribution in [0.4, 0.5) is 5.69 Å². The van der Waals surface area contributed by atoms with Crippen molar-refractivity contribution in [1.29, 1.82) is 0 Å². The van der Waals surface area contributed by atoms with E-state index >= 15 is 0 Å². The van der Waals surface area contributed by atoms with Crippen LogP contribution in [0, 0.1) is 0 Å². The summed E-state index contributed by atoms with van der Waals surface area (Å²) in [5.74, 6) is 0.823. The Labute approximate surface area is 199 Å². The van der Waals surface area contributed by atoms with Gasteiger partial charge in [-0.3, -0.25) is 9.89 Å². The number of hydrogen-bond acceptors (Lipinski definition) is 6. The third-order valence-corrected chi connectivity index (χ3v) is 7.73. The van der Waals surface area contributed by atoms with Crippen LogP contribution in [-0.4, -0.2) is 56.1 Å². The maximum atomic E-state index is 12.9. The maximum absolute atomic E-state index is 12.9. The molecule has 9 nitrogen and oxygen atoms in total. The van der Waals surface area contributed by atoms with Gasteiger partial charge in [0, 0.05) is 30.4 Å². The van der Waals surface area contributed by atoms with Crippen LogP contribution in [0.1, 0.15) is 36.2 Å². The van der Waals surface area contributed by atoms with Gasteiger partial charge in [0.2, 0.25) is 10.0 Å². The van der Waals surface area contributed by atoms with Gasteiger partial charge in [-0.25, -0.2) is 8.42 Å². The Morgan fingerprint density at radius 3 is 2.32 bits per heavy atom. The highest BCUT2D eigenvalue weighted by Gasteiger charge is 2.25. The van der Waals surface area contributed by atoms with E-state index in [4.69, 9.17) is 9.47 Å². The summed E-state index contributed by atoms with van der Waals surface area (Å²) in [6, 6.07) is 13.2. The highest BCUT2D eigenvalue weighted by Crippen LogP contribution is 2.32. The van der Waals surface area contributed by atoms with Gasteiger partial charge in [-0.05, 0) is 55.3 Å². The first kappa shape index (κ1) is 23.8. The van der Waals surface area contributed by atoms with Crippen molar-refractivity contribution in [3.8, 4) is 22.8 Å². The topological polar surface area (TPSA) is 114 Å². The van der Waals surface area contributed by atoms with Crippen molar-refractivity contribution in [3.63, 3.8) is 0 Å². The first-order valence-electron chi connectivity index (χ1n) is 11.1. The zero-order valence-corrected chi connectivity index (χ0v) is 20.0. The van der Waals surface area contributed by atoms with Crippen LogP contribution in [0.5, 0.6) is 11.5 Å². The zero-order chi connectivity index (χ0) is 24.1. The molecule has 2 N–H and O–H groups in total. The number of sulfonamides is 1. The number of benzene rings is 2. The van der Waals surface area contributed by atoms with E-state index in [0.29, 0.717) is 41.5 Å². The first-order chi connectivity index (χ1) is 16.4. The number of H-pyrrole nitrogens is 1. The second kappa shape index (κ2) is 10.3. The molecular formula is C24H28N4O5S. The molecule has 1 fully saturated rings. The summed E-state index contributed by atoms with van der Waals surface area (Å²) >= 11 is 0. The van der Waals surface area contributed by atoms with Gasteiger partial charge in [0.25, 0.3) is 5.91 Å². The van der Waals surface area contributed by atoms with E-state index in [9.17, 15) is 13.2 Å². The van der Waals surface area contributed by atoms with Crippen molar-refractivity contribution in [2.45, 2.75) is 30.6 Å². The molecule has 0 aliphatic carbocycles. The summed E-state index contributed by atoms with van der Waals surface area (Å²) in [5, 5.41) is 9.73. The second-order valence-electron chi connectivity index (χ2n) is 8.03. The highest BCUT2D eigenvalue weighted by atomic mass is 32.2. The van der Waals surface area contributed by atoms with Gasteiger partial charge in [-0.15, -0.1) is 0 Å². The van der Waals surface area contributed by atoms with Gasteiger partial charge < -0.3 is 14.8 Å². The first-order valence-corrected chi connectivity index (χ1v) is 12.6. The molecule has 180 valence electrons. The number of ether oxygens (including phenoxy) is 2. The molecule has 3 aromatic rings. The molecule has 4 rings (SSSR count). The number of rotatable bonds is 7. The molecule has 1 aliphatic heterocycles. The van der Waals surface area contributed by atoms with Crippen LogP contribution >= 0.6 is 0 Å². The van der Waals surface area contributed by atoms with Crippen molar-refractivity contribution in [1.82, 2.24) is 14.5 Å². The number of aromatic amines is 1. The molecule has 1 saturated heterocycles. The van der Waals surface area contributed by atoms with Crippen LogP contribution in [0.25, 0.3) is 11.3 Å². The van der Waals surface area contributed by atoms with Crippen LogP contribution < -0.4 is 14.8 Å². The fraction of sp³-hybridized carbons (Fsp3) is 0.333. The Hall–Kier alpha value is -3.37. The lowest BCUT2D eigenvalue weighted by Gasteiger charge is -2.20. The Kier molecular flexibility index (Phi) is 7.18. The van der Waals surface area contributed by atoms with E-state index in [0.717, 1.165) is 25.7 Å². The molecule has 0 spiro atoms. The summed E-state index contributed by atoms with van der Waals surface area (Å²) in [7, 11) is -0.416. The molecule has 0 saturated carbocycles. The number of anilines is 1. The van der Waals surface area contributed by atoms with Crippen LogP contribution in [0.2, 0.25) is 0 Å². The largest absolute Gasteiger partial charge is 0.497 e. The lowest BCUT2D eigenvalue weighted by molar-refractivity contribution is 0.102. The zero-order valence-electron chi connectivity index (χ0n) is 19.2. The van der Waals surface area contributed by atoms with E-state index in [1.54, 1.807) is 54.9 Å². The van der Waals surface area contributed by atoms with Crippen molar-refractivity contribution < 1.29 is 22.7 Å². The molecule has 1 aromatic heterocycles. The fourth-order valence-electron chi connectivity index (χ4n) is 3.93. The van der Waals surface area contributed by atoms with E-state index in [1.807, 2.05) is 0 Å². The van der Waals surface area contributed by atoms with Gasteiger partial charge in [-0.1, -0.05) is 12.8 Å². The summed E-state index contributed by atoms with van der Waals surface area (Å²) in [5.41, 5.74) is 2.00. The Morgan fingerprint density at radius 1 is 0.971 bits per heavy atom. The minimum Gasteiger partial charge on any atom is -0.497 e. The summed E-state index contributed by atoms with van der Waals surface area (Å²) in [6.45, 7) is 1.09. The third-order valence-electron chi connectivity index (χ3n) is 5.82. The summed E-state index contributed by atoms with van der Waals surface area (Å²) in [4.78, 5) is 12.9. The minimum atomic E-state index is -3.54. The molecule has 0 atom stereocenters. The number of carbonyl (C=O) groups excluding carboxylic acids is 1. The quantitative estimate of drug-likeness (QED) is 0.526. The Balaban J connectivity index is 1.46. The Morgan fingerprint density at radius 2 is 1.68 bits per heavy atom. The van der Waals surface area contributed by atoms with Crippen molar-refractivity contribution in [2.75, 3.05) is 32.6 Å². The number of methoxy groups -OCH3 is 2. The average molecular weight is 485 g/mol. The number of nitrogens with one attached hydrogen (secondary N) is 2. The van der Waals surface area contributed by atoms with Gasteiger partial charge in [0.05, 0.1) is 24.8 Å². The number of carbonyl (C=O) groups is 1. The lowest BCUT2D eigenvalue weighted by Crippen LogP contribution is -2.31. The third kappa shape index (κ3) is 5.07. The molecule has 34 heavy (non-hydrogen) atoms. The molecule has 1 aliphatic rings.